The summed E-state index contributed by atoms with van der Waals surface area (Å²) in [5.74, 6) is -2.22. The molecule has 5 aromatic rings. The van der Waals surface area contributed by atoms with E-state index in [1.54, 1.807) is 6.08 Å². The van der Waals surface area contributed by atoms with Gasteiger partial charge in [-0.25, -0.2) is 14.3 Å². The van der Waals surface area contributed by atoms with E-state index in [2.05, 4.69) is 11.7 Å². The first-order chi connectivity index (χ1) is 19.5. The molecule has 0 saturated heterocycles. The standard InChI is InChI=1S/C31H26N4O6/c1-17-15-24(33(3)4)14-9-21(17)16-25-18(2)26-27(34(28(25)36)22-10-5-19(6-11-22)30(38)39)32-35(29(26)37)23-12-7-20(8-13-23)31(40)41/h5-16,32H,2H2,1,3-4H3,(H,38,39)(H,40,41). The zero-order chi connectivity index (χ0) is 29.6. The Bertz CT molecular complexity index is 2080. The van der Waals surface area contributed by atoms with Gasteiger partial charge in [-0.3, -0.25) is 19.3 Å². The van der Waals surface area contributed by atoms with Crippen LogP contribution in [-0.4, -0.2) is 50.6 Å². The van der Waals surface area contributed by atoms with Crippen molar-refractivity contribution in [1.29, 1.82) is 0 Å². The molecule has 206 valence electrons. The molecule has 41 heavy (non-hydrogen) atoms. The van der Waals surface area contributed by atoms with E-state index in [1.807, 2.05) is 44.1 Å². The van der Waals surface area contributed by atoms with Crippen molar-refractivity contribution in [3.8, 4) is 11.4 Å². The molecule has 10 heteroatoms. The Labute approximate surface area is 232 Å². The van der Waals surface area contributed by atoms with Crippen LogP contribution in [0.25, 0.3) is 35.1 Å². The van der Waals surface area contributed by atoms with Gasteiger partial charge in [0.05, 0.1) is 27.9 Å². The number of H-pyrrole nitrogens is 1. The first-order valence-electron chi connectivity index (χ1n) is 12.5. The molecule has 0 aliphatic carbocycles. The Morgan fingerprint density at radius 2 is 1.41 bits per heavy atom. The molecule has 0 saturated carbocycles. The maximum atomic E-state index is 14.1. The van der Waals surface area contributed by atoms with Crippen LogP contribution in [0.1, 0.15) is 31.8 Å². The van der Waals surface area contributed by atoms with Crippen molar-refractivity contribution in [2.75, 3.05) is 19.0 Å². The van der Waals surface area contributed by atoms with Crippen molar-refractivity contribution in [3.05, 3.63) is 120 Å². The Hall–Kier alpha value is -5.64. The molecule has 10 nitrogen and oxygen atoms in total. The number of rotatable bonds is 6. The lowest BCUT2D eigenvalue weighted by atomic mass is 10.1. The molecular formula is C31H26N4O6. The maximum Gasteiger partial charge on any atom is 0.335 e. The van der Waals surface area contributed by atoms with Crippen LogP contribution in [0.2, 0.25) is 0 Å². The van der Waals surface area contributed by atoms with E-state index in [0.717, 1.165) is 16.8 Å². The molecule has 0 radical (unpaired) electrons. The van der Waals surface area contributed by atoms with Gasteiger partial charge in [0.2, 0.25) is 0 Å². The average Bonchev–Trinajstić information content (AvgIpc) is 3.28. The quantitative estimate of drug-likeness (QED) is 0.295. The third-order valence-corrected chi connectivity index (χ3v) is 6.97. The maximum absolute atomic E-state index is 14.1. The van der Waals surface area contributed by atoms with Crippen LogP contribution in [0.15, 0.2) is 76.3 Å². The summed E-state index contributed by atoms with van der Waals surface area (Å²) in [5.41, 5.74) is 2.68. The number of nitrogens with zero attached hydrogens (tertiary/aromatic N) is 3. The van der Waals surface area contributed by atoms with Gasteiger partial charge in [0, 0.05) is 25.0 Å². The molecule has 0 aliphatic rings. The fourth-order valence-electron chi connectivity index (χ4n) is 4.68. The van der Waals surface area contributed by atoms with E-state index in [9.17, 15) is 29.4 Å². The van der Waals surface area contributed by atoms with Crippen molar-refractivity contribution in [2.24, 2.45) is 0 Å². The van der Waals surface area contributed by atoms with Gasteiger partial charge >= 0.3 is 11.9 Å². The van der Waals surface area contributed by atoms with Crippen molar-refractivity contribution in [2.45, 2.75) is 6.92 Å². The number of anilines is 1. The van der Waals surface area contributed by atoms with Crippen LogP contribution in [0, 0.1) is 6.92 Å². The minimum Gasteiger partial charge on any atom is -0.478 e. The molecule has 0 aliphatic heterocycles. The highest BCUT2D eigenvalue weighted by Gasteiger charge is 2.18. The predicted octanol–water partition coefficient (Wildman–Crippen LogP) is 2.48. The van der Waals surface area contributed by atoms with Crippen LogP contribution in [-0.2, 0) is 0 Å². The molecule has 3 aromatic carbocycles. The monoisotopic (exact) mass is 550 g/mol. The van der Waals surface area contributed by atoms with Gasteiger partial charge in [-0.1, -0.05) is 12.6 Å². The molecule has 2 aromatic heterocycles. The number of benzene rings is 3. The molecule has 0 amide bonds. The van der Waals surface area contributed by atoms with Gasteiger partial charge in [-0.05, 0) is 90.0 Å². The van der Waals surface area contributed by atoms with E-state index >= 15 is 0 Å². The first kappa shape index (κ1) is 26.9. The van der Waals surface area contributed by atoms with E-state index in [1.165, 1.54) is 57.8 Å². The molecule has 5 rings (SSSR count). The lowest BCUT2D eigenvalue weighted by Crippen LogP contribution is -2.45. The summed E-state index contributed by atoms with van der Waals surface area (Å²) < 4.78 is 2.53. The van der Waals surface area contributed by atoms with Gasteiger partial charge in [0.1, 0.15) is 5.65 Å². The molecule has 0 spiro atoms. The van der Waals surface area contributed by atoms with Crippen molar-refractivity contribution < 1.29 is 19.8 Å². The Kier molecular flexibility index (Phi) is 6.68. The molecular weight excluding hydrogens is 524 g/mol. The Balaban J connectivity index is 1.85. The summed E-state index contributed by atoms with van der Waals surface area (Å²) in [6.07, 6.45) is 1.69. The Morgan fingerprint density at radius 3 is 1.93 bits per heavy atom. The minimum atomic E-state index is -1.11. The first-order valence-corrected chi connectivity index (χ1v) is 12.5. The molecule has 0 bridgehead atoms. The number of aromatic nitrogens is 3. The fourth-order valence-corrected chi connectivity index (χ4v) is 4.68. The third-order valence-electron chi connectivity index (χ3n) is 6.97. The number of carboxylic acids is 2. The van der Waals surface area contributed by atoms with Gasteiger partial charge < -0.3 is 15.1 Å². The number of hydrogen-bond acceptors (Lipinski definition) is 5. The fraction of sp³-hybridized carbons (Fsp3) is 0.0968. The van der Waals surface area contributed by atoms with Crippen LogP contribution in [0.4, 0.5) is 5.69 Å². The summed E-state index contributed by atoms with van der Waals surface area (Å²) in [7, 11) is 3.86. The number of nitrogens with one attached hydrogen (secondary N) is 1. The summed E-state index contributed by atoms with van der Waals surface area (Å²) in [5, 5.41) is 22.2. The van der Waals surface area contributed by atoms with Gasteiger partial charge in [0.15, 0.2) is 0 Å². The summed E-state index contributed by atoms with van der Waals surface area (Å²) in [6, 6.07) is 17.2. The number of carbonyl (C=O) groups is 2. The normalized spacial score (nSPS) is 11.6. The van der Waals surface area contributed by atoms with Gasteiger partial charge in [-0.2, -0.15) is 0 Å². The smallest absolute Gasteiger partial charge is 0.335 e. The minimum absolute atomic E-state index is 0.0415. The number of aromatic amines is 1. The van der Waals surface area contributed by atoms with E-state index in [4.69, 9.17) is 0 Å². The molecule has 3 N–H and O–H groups in total. The lowest BCUT2D eigenvalue weighted by Gasteiger charge is -2.14. The van der Waals surface area contributed by atoms with Crippen molar-refractivity contribution in [1.82, 2.24) is 14.3 Å². The number of carboxylic acid groups (broad SMARTS) is 2. The topological polar surface area (TPSA) is 138 Å². The third kappa shape index (κ3) is 4.71. The zero-order valence-electron chi connectivity index (χ0n) is 22.5. The van der Waals surface area contributed by atoms with Crippen LogP contribution < -0.4 is 26.5 Å². The van der Waals surface area contributed by atoms with Gasteiger partial charge in [-0.15, -0.1) is 0 Å². The summed E-state index contributed by atoms with van der Waals surface area (Å²) >= 11 is 0. The van der Waals surface area contributed by atoms with E-state index in [-0.39, 0.29) is 32.6 Å². The lowest BCUT2D eigenvalue weighted by molar-refractivity contribution is 0.0686. The highest BCUT2D eigenvalue weighted by molar-refractivity contribution is 5.88. The van der Waals surface area contributed by atoms with Crippen molar-refractivity contribution >= 4 is 41.3 Å². The predicted molar refractivity (Wildman–Crippen MR) is 157 cm³/mol. The highest BCUT2D eigenvalue weighted by atomic mass is 16.4. The van der Waals surface area contributed by atoms with Crippen LogP contribution in [0.3, 0.4) is 0 Å². The number of aromatic carboxylic acids is 2. The second-order valence-electron chi connectivity index (χ2n) is 9.79. The zero-order valence-corrected chi connectivity index (χ0v) is 22.5. The van der Waals surface area contributed by atoms with Crippen molar-refractivity contribution in [3.63, 3.8) is 0 Å². The molecule has 0 unspecified atom stereocenters. The second kappa shape index (κ2) is 10.2. The average molecular weight is 551 g/mol. The number of aryl methyl sites for hydroxylation is 1. The van der Waals surface area contributed by atoms with Crippen LogP contribution in [0.5, 0.6) is 0 Å². The second-order valence-corrected chi connectivity index (χ2v) is 9.79. The van der Waals surface area contributed by atoms with E-state index < -0.39 is 23.1 Å². The summed E-state index contributed by atoms with van der Waals surface area (Å²) in [4.78, 5) is 52.5. The summed E-state index contributed by atoms with van der Waals surface area (Å²) in [6.45, 7) is 6.04. The highest BCUT2D eigenvalue weighted by Crippen LogP contribution is 2.18. The number of hydrogen-bond donors (Lipinski definition) is 3. The molecule has 0 fully saturated rings. The SMILES string of the molecule is C=c1c(=Cc2ccc(N(C)C)cc2C)c(=O)n(-c2ccc(C(=O)O)cc2)c2[nH]n(-c3ccc(C(=O)O)cc3)c(=O)c12. The number of fused-ring (bicyclic) bond motifs is 1. The molecule has 2 heterocycles. The van der Waals surface area contributed by atoms with Gasteiger partial charge in [0.25, 0.3) is 11.1 Å². The van der Waals surface area contributed by atoms with E-state index in [0.29, 0.717) is 11.4 Å². The molecule has 0 atom stereocenters. The largest absolute Gasteiger partial charge is 0.478 e. The Morgan fingerprint density at radius 1 is 0.854 bits per heavy atom. The number of pyridine rings is 1. The van der Waals surface area contributed by atoms with Crippen LogP contribution >= 0.6 is 0 Å².